The molecule has 20 heteroatoms. The van der Waals surface area contributed by atoms with E-state index >= 15 is 0 Å². The molecule has 0 amide bonds. The first-order valence-electron chi connectivity index (χ1n) is 22.3. The van der Waals surface area contributed by atoms with E-state index in [2.05, 4.69) is 22.9 Å². The molecular weight excluding hydrogens is 937 g/mol. The number of rotatable bonds is 23. The fourth-order valence-corrected chi connectivity index (χ4v) is 5.88. The summed E-state index contributed by atoms with van der Waals surface area (Å²) in [4.78, 5) is 132. The SMILES string of the molecule is CC(=O)C(=O)Cc1ccc(C[C@H]([NH3+])C(=O)[O-])cc1.CC(=O)C(=O)c1ccc(C[C@H]([NH3+])C(=O)[O-])cc1.CC(C)C(=O)C(=O)c1ccc(C[C@H]([NH3+])C(=O)[O-])cc1.CCC(=O)C(=O)c1ccc(C[C@H]([NH3+])C(=O)[O-])cc1. The average Bonchev–Trinajstić information content (AvgIpc) is 3.34. The smallest absolute Gasteiger partial charge is 0.228 e. The van der Waals surface area contributed by atoms with Crippen molar-refractivity contribution in [2.24, 2.45) is 5.92 Å². The van der Waals surface area contributed by atoms with Crippen molar-refractivity contribution < 1.29 is 101 Å². The minimum Gasteiger partial charge on any atom is -0.544 e. The zero-order valence-electron chi connectivity index (χ0n) is 40.7. The molecule has 0 saturated heterocycles. The van der Waals surface area contributed by atoms with Gasteiger partial charge in [0.2, 0.25) is 34.7 Å². The summed E-state index contributed by atoms with van der Waals surface area (Å²) in [5, 5.41) is 42.1. The fourth-order valence-electron chi connectivity index (χ4n) is 5.88. The molecule has 0 fully saturated rings. The first-order valence-corrected chi connectivity index (χ1v) is 22.3. The molecule has 0 radical (unpaired) electrons. The maximum atomic E-state index is 11.8. The molecule has 4 rings (SSSR count). The summed E-state index contributed by atoms with van der Waals surface area (Å²) < 4.78 is 0. The van der Waals surface area contributed by atoms with Crippen molar-refractivity contribution in [3.05, 3.63) is 142 Å². The van der Waals surface area contributed by atoms with Crippen LogP contribution in [0.25, 0.3) is 0 Å². The molecule has 0 spiro atoms. The van der Waals surface area contributed by atoms with Crippen molar-refractivity contribution in [1.29, 1.82) is 0 Å². The Kier molecular flexibility index (Phi) is 26.3. The maximum Gasteiger partial charge on any atom is 0.228 e. The predicted octanol–water partition coefficient (Wildman–Crippen LogP) is -5.60. The number of carboxylic acids is 4. The van der Waals surface area contributed by atoms with Gasteiger partial charge in [0.05, 0.1) is 23.9 Å². The predicted molar refractivity (Wildman–Crippen MR) is 246 cm³/mol. The second kappa shape index (κ2) is 30.5. The highest BCUT2D eigenvalue weighted by Crippen LogP contribution is 2.12. The molecule has 20 nitrogen and oxygen atoms in total. The van der Waals surface area contributed by atoms with E-state index in [1.807, 2.05) is 0 Å². The molecule has 4 aromatic carbocycles. The lowest BCUT2D eigenvalue weighted by molar-refractivity contribution is -0.437. The van der Waals surface area contributed by atoms with Gasteiger partial charge in [-0.25, -0.2) is 0 Å². The van der Waals surface area contributed by atoms with Gasteiger partial charge in [-0.05, 0) is 27.8 Å². The number of aliphatic carboxylic acids is 4. The van der Waals surface area contributed by atoms with Gasteiger partial charge in [-0.2, -0.15) is 0 Å². The Morgan fingerprint density at radius 3 is 0.903 bits per heavy atom. The Morgan fingerprint density at radius 2 is 0.653 bits per heavy atom. The van der Waals surface area contributed by atoms with Gasteiger partial charge in [0, 0.05) is 75.0 Å². The van der Waals surface area contributed by atoms with Crippen LogP contribution in [0.5, 0.6) is 0 Å². The van der Waals surface area contributed by atoms with Crippen molar-refractivity contribution in [3.8, 4) is 0 Å². The molecule has 384 valence electrons. The van der Waals surface area contributed by atoms with Crippen molar-refractivity contribution in [3.63, 3.8) is 0 Å². The van der Waals surface area contributed by atoms with E-state index in [0.29, 0.717) is 16.7 Å². The van der Waals surface area contributed by atoms with E-state index in [1.54, 1.807) is 81.4 Å². The molecule has 0 aromatic heterocycles. The van der Waals surface area contributed by atoms with Gasteiger partial charge in [0.1, 0.15) is 24.2 Å². The standard InChI is InChI=1S/C14H17NO4.2C13H15NO4.C12H13NO4/c1-8(2)12(16)13(17)10-5-3-9(4-6-10)7-11(15)14(18)19;1-8(15)12(16)7-10-4-2-9(3-5-10)6-11(14)13(17)18;1-2-11(15)12(16)9-5-3-8(4-6-9)7-10(14)13(17)18;1-7(14)11(15)9-4-2-8(3-5-9)6-10(13)12(16)17/h3-6,8,11H,7,15H2,1-2H3,(H,18,19);2-5,11H,6-7,14H2,1H3,(H,17,18);3-6,10H,2,7,14H2,1H3,(H,17,18);2-5,10H,6,13H2,1H3,(H,16,17)/t2*11-;2*10-/m0000/s1. The Labute approximate surface area is 414 Å². The number of quaternary nitrogens is 4. The van der Waals surface area contributed by atoms with E-state index in [4.69, 9.17) is 0 Å². The lowest BCUT2D eigenvalue weighted by atomic mass is 9.97. The highest BCUT2D eigenvalue weighted by Gasteiger charge is 2.20. The summed E-state index contributed by atoms with van der Waals surface area (Å²) in [5.41, 5.74) is 18.5. The third-order valence-electron chi connectivity index (χ3n) is 10.3. The second-order valence-electron chi connectivity index (χ2n) is 16.8. The highest BCUT2D eigenvalue weighted by atomic mass is 16.4. The lowest BCUT2D eigenvalue weighted by Crippen LogP contribution is -2.69. The molecule has 0 aliphatic carbocycles. The van der Waals surface area contributed by atoms with Crippen LogP contribution in [0.2, 0.25) is 0 Å². The molecule has 0 heterocycles. The molecule has 0 unspecified atom stereocenters. The van der Waals surface area contributed by atoms with Gasteiger partial charge < -0.3 is 62.5 Å². The number of hydrogen-bond acceptors (Lipinski definition) is 16. The molecule has 0 saturated carbocycles. The Hall–Kier alpha value is -8.04. The molecular formula is C52H60N4O16. The van der Waals surface area contributed by atoms with Crippen LogP contribution in [0.3, 0.4) is 0 Å². The maximum absolute atomic E-state index is 11.8. The van der Waals surface area contributed by atoms with E-state index in [0.717, 1.165) is 27.8 Å². The first-order chi connectivity index (χ1) is 33.6. The number of Topliss-reactive ketones (excluding diaryl/α,β-unsaturated/α-hetero) is 8. The van der Waals surface area contributed by atoms with E-state index in [1.165, 1.54) is 50.2 Å². The number of carbonyl (C=O) groups is 12. The molecule has 4 atom stereocenters. The van der Waals surface area contributed by atoms with Gasteiger partial charge in [0.25, 0.3) is 0 Å². The van der Waals surface area contributed by atoms with Crippen LogP contribution >= 0.6 is 0 Å². The van der Waals surface area contributed by atoms with Gasteiger partial charge in [-0.15, -0.1) is 0 Å². The van der Waals surface area contributed by atoms with Crippen molar-refractivity contribution in [1.82, 2.24) is 0 Å². The van der Waals surface area contributed by atoms with Crippen molar-refractivity contribution in [2.75, 3.05) is 0 Å². The summed E-state index contributed by atoms with van der Waals surface area (Å²) >= 11 is 0. The van der Waals surface area contributed by atoms with Crippen molar-refractivity contribution >= 4 is 70.1 Å². The topological polar surface area (TPSA) is 408 Å². The van der Waals surface area contributed by atoms with Crippen LogP contribution in [-0.2, 0) is 75.3 Å². The highest BCUT2D eigenvalue weighted by molar-refractivity contribution is 6.44. The Balaban J connectivity index is 0.000000480. The first kappa shape index (κ1) is 62.0. The average molecular weight is 997 g/mol. The van der Waals surface area contributed by atoms with Crippen LogP contribution in [0.15, 0.2) is 97.1 Å². The number of carbonyl (C=O) groups excluding carboxylic acids is 12. The van der Waals surface area contributed by atoms with Gasteiger partial charge in [-0.1, -0.05) is 118 Å². The summed E-state index contributed by atoms with van der Waals surface area (Å²) in [6.07, 6.45) is 1.23. The van der Waals surface area contributed by atoms with Crippen LogP contribution in [-0.4, -0.2) is 94.3 Å². The fraction of sp³-hybridized carbons (Fsp3) is 0.308. The van der Waals surface area contributed by atoms with Crippen LogP contribution < -0.4 is 43.4 Å². The minimum atomic E-state index is -1.21. The van der Waals surface area contributed by atoms with Crippen LogP contribution in [0.4, 0.5) is 0 Å². The van der Waals surface area contributed by atoms with Crippen molar-refractivity contribution in [2.45, 2.75) is 97.3 Å². The largest absolute Gasteiger partial charge is 0.544 e. The molecule has 0 bridgehead atoms. The zero-order chi connectivity index (χ0) is 55.0. The molecule has 12 N–H and O–H groups in total. The molecule has 72 heavy (non-hydrogen) atoms. The quantitative estimate of drug-likeness (QED) is 0.0398. The third-order valence-corrected chi connectivity index (χ3v) is 10.3. The van der Waals surface area contributed by atoms with Gasteiger partial charge in [0.15, 0.2) is 11.6 Å². The molecule has 4 aromatic rings. The Bertz CT molecular complexity index is 2590. The summed E-state index contributed by atoms with van der Waals surface area (Å²) in [7, 11) is 0. The molecule has 0 aliphatic rings. The van der Waals surface area contributed by atoms with Crippen LogP contribution in [0, 0.1) is 5.92 Å². The number of benzene rings is 4. The number of hydrogen-bond donors (Lipinski definition) is 4. The number of ketones is 8. The lowest BCUT2D eigenvalue weighted by Gasteiger charge is -2.09. The Morgan fingerprint density at radius 1 is 0.389 bits per heavy atom. The zero-order valence-corrected chi connectivity index (χ0v) is 40.7. The summed E-state index contributed by atoms with van der Waals surface area (Å²) in [5.74, 6) is -9.06. The van der Waals surface area contributed by atoms with Gasteiger partial charge >= 0.3 is 0 Å². The number of carboxylic acid groups (broad SMARTS) is 4. The minimum absolute atomic E-state index is 0.0733. The third kappa shape index (κ3) is 22.1. The van der Waals surface area contributed by atoms with E-state index in [9.17, 15) is 78.0 Å². The van der Waals surface area contributed by atoms with E-state index < -0.39 is 94.3 Å². The summed E-state index contributed by atoms with van der Waals surface area (Å²) in [6.45, 7) is 7.41. The monoisotopic (exact) mass is 996 g/mol. The van der Waals surface area contributed by atoms with E-state index in [-0.39, 0.29) is 44.4 Å². The second-order valence-corrected chi connectivity index (χ2v) is 16.8. The molecule has 0 aliphatic heterocycles. The normalized spacial score (nSPS) is 12.0. The van der Waals surface area contributed by atoms with Crippen LogP contribution in [0.1, 0.15) is 99.9 Å². The van der Waals surface area contributed by atoms with Gasteiger partial charge in [-0.3, -0.25) is 38.4 Å². The summed E-state index contributed by atoms with van der Waals surface area (Å²) in [6, 6.07) is 22.4.